The SMILES string of the molecule is Cc1cccc(-c2noc(CN(C(=O)C(C)Oc3ccccc3)C(C)C)n2)c1. The number of para-hydroxylation sites is 1. The molecule has 6 heteroatoms. The Labute approximate surface area is 165 Å². The molecule has 0 N–H and O–H groups in total. The quantitative estimate of drug-likeness (QED) is 0.614. The third-order valence-electron chi connectivity index (χ3n) is 4.36. The number of nitrogens with zero attached hydrogens (tertiary/aromatic N) is 3. The molecule has 0 saturated heterocycles. The van der Waals surface area contributed by atoms with Crippen molar-refractivity contribution in [3.05, 3.63) is 66.1 Å². The van der Waals surface area contributed by atoms with Gasteiger partial charge in [-0.25, -0.2) is 0 Å². The molecule has 3 aromatic rings. The van der Waals surface area contributed by atoms with Crippen LogP contribution in [0, 0.1) is 6.92 Å². The van der Waals surface area contributed by atoms with Crippen LogP contribution in [0.5, 0.6) is 5.75 Å². The first-order chi connectivity index (χ1) is 13.4. The van der Waals surface area contributed by atoms with Crippen molar-refractivity contribution in [1.82, 2.24) is 15.0 Å². The molecule has 0 radical (unpaired) electrons. The minimum Gasteiger partial charge on any atom is -0.481 e. The third-order valence-corrected chi connectivity index (χ3v) is 4.36. The molecule has 1 heterocycles. The highest BCUT2D eigenvalue weighted by atomic mass is 16.5. The predicted molar refractivity (Wildman–Crippen MR) is 107 cm³/mol. The summed E-state index contributed by atoms with van der Waals surface area (Å²) < 4.78 is 11.2. The monoisotopic (exact) mass is 379 g/mol. The van der Waals surface area contributed by atoms with Crippen LogP contribution in [-0.4, -0.2) is 33.1 Å². The highest BCUT2D eigenvalue weighted by Gasteiger charge is 2.26. The lowest BCUT2D eigenvalue weighted by Crippen LogP contribution is -2.43. The van der Waals surface area contributed by atoms with Crippen molar-refractivity contribution >= 4 is 5.91 Å². The van der Waals surface area contributed by atoms with Crippen LogP contribution >= 0.6 is 0 Å². The van der Waals surface area contributed by atoms with Crippen molar-refractivity contribution in [2.24, 2.45) is 0 Å². The number of aromatic nitrogens is 2. The van der Waals surface area contributed by atoms with Crippen LogP contribution in [0.4, 0.5) is 0 Å². The van der Waals surface area contributed by atoms with E-state index in [-0.39, 0.29) is 18.5 Å². The molecule has 0 aliphatic rings. The molecule has 0 spiro atoms. The summed E-state index contributed by atoms with van der Waals surface area (Å²) in [5, 5.41) is 4.06. The number of ether oxygens (including phenoxy) is 1. The van der Waals surface area contributed by atoms with E-state index in [1.807, 2.05) is 75.4 Å². The molecule has 1 amide bonds. The van der Waals surface area contributed by atoms with Gasteiger partial charge in [-0.15, -0.1) is 0 Å². The second kappa shape index (κ2) is 8.69. The molecule has 0 bridgehead atoms. The molecule has 28 heavy (non-hydrogen) atoms. The van der Waals surface area contributed by atoms with E-state index >= 15 is 0 Å². The van der Waals surface area contributed by atoms with Crippen LogP contribution in [0.15, 0.2) is 59.1 Å². The first-order valence-electron chi connectivity index (χ1n) is 9.36. The van der Waals surface area contributed by atoms with Gasteiger partial charge < -0.3 is 14.2 Å². The Morgan fingerprint density at radius 3 is 2.54 bits per heavy atom. The van der Waals surface area contributed by atoms with Gasteiger partial charge in [-0.05, 0) is 45.9 Å². The van der Waals surface area contributed by atoms with Gasteiger partial charge in [-0.1, -0.05) is 47.1 Å². The van der Waals surface area contributed by atoms with E-state index in [4.69, 9.17) is 9.26 Å². The zero-order chi connectivity index (χ0) is 20.1. The lowest BCUT2D eigenvalue weighted by atomic mass is 10.1. The molecule has 1 atom stereocenters. The van der Waals surface area contributed by atoms with Crippen molar-refractivity contribution < 1.29 is 14.1 Å². The molecule has 0 aliphatic heterocycles. The number of rotatable bonds is 7. The molecule has 3 rings (SSSR count). The van der Waals surface area contributed by atoms with Crippen LogP contribution in [-0.2, 0) is 11.3 Å². The Balaban J connectivity index is 1.71. The van der Waals surface area contributed by atoms with Crippen LogP contribution in [0.3, 0.4) is 0 Å². The van der Waals surface area contributed by atoms with Crippen LogP contribution < -0.4 is 4.74 Å². The molecular weight excluding hydrogens is 354 g/mol. The number of carbonyl (C=O) groups is 1. The highest BCUT2D eigenvalue weighted by Crippen LogP contribution is 2.19. The van der Waals surface area contributed by atoms with Gasteiger partial charge in [0.05, 0.1) is 0 Å². The standard InChI is InChI=1S/C22H25N3O3/c1-15(2)25(22(26)17(4)27-19-11-6-5-7-12-19)14-20-23-21(24-28-20)18-10-8-9-16(3)13-18/h5-13,15,17H,14H2,1-4H3. The Kier molecular flexibility index (Phi) is 6.09. The molecule has 1 aromatic heterocycles. The molecule has 6 nitrogen and oxygen atoms in total. The summed E-state index contributed by atoms with van der Waals surface area (Å²) in [6.07, 6.45) is -0.621. The van der Waals surface area contributed by atoms with Crippen molar-refractivity contribution in [3.8, 4) is 17.1 Å². The first kappa shape index (κ1) is 19.6. The van der Waals surface area contributed by atoms with Gasteiger partial charge in [0.25, 0.3) is 5.91 Å². The van der Waals surface area contributed by atoms with Gasteiger partial charge >= 0.3 is 0 Å². The van der Waals surface area contributed by atoms with E-state index in [2.05, 4.69) is 10.1 Å². The number of carbonyl (C=O) groups excluding carboxylic acids is 1. The lowest BCUT2D eigenvalue weighted by molar-refractivity contribution is -0.140. The first-order valence-corrected chi connectivity index (χ1v) is 9.36. The second-order valence-corrected chi connectivity index (χ2v) is 7.01. The minimum atomic E-state index is -0.621. The smallest absolute Gasteiger partial charge is 0.264 e. The van der Waals surface area contributed by atoms with Crippen molar-refractivity contribution in [3.63, 3.8) is 0 Å². The summed E-state index contributed by atoms with van der Waals surface area (Å²) in [5.41, 5.74) is 2.01. The van der Waals surface area contributed by atoms with Gasteiger partial charge in [0, 0.05) is 11.6 Å². The minimum absolute atomic E-state index is 0.0383. The lowest BCUT2D eigenvalue weighted by Gasteiger charge is -2.28. The maximum atomic E-state index is 12.9. The molecule has 146 valence electrons. The topological polar surface area (TPSA) is 68.5 Å². The van der Waals surface area contributed by atoms with E-state index < -0.39 is 6.10 Å². The molecule has 0 aliphatic carbocycles. The second-order valence-electron chi connectivity index (χ2n) is 7.01. The van der Waals surface area contributed by atoms with Gasteiger partial charge in [-0.2, -0.15) is 4.98 Å². The maximum Gasteiger partial charge on any atom is 0.264 e. The Morgan fingerprint density at radius 2 is 1.86 bits per heavy atom. The fraction of sp³-hybridized carbons (Fsp3) is 0.318. The van der Waals surface area contributed by atoms with Crippen molar-refractivity contribution in [2.75, 3.05) is 0 Å². The van der Waals surface area contributed by atoms with Crippen LogP contribution in [0.1, 0.15) is 32.2 Å². The van der Waals surface area contributed by atoms with Gasteiger partial charge in [0.1, 0.15) is 12.3 Å². The van der Waals surface area contributed by atoms with Crippen LogP contribution in [0.25, 0.3) is 11.4 Å². The van der Waals surface area contributed by atoms with E-state index in [0.29, 0.717) is 17.5 Å². The fourth-order valence-electron chi connectivity index (χ4n) is 2.87. The predicted octanol–water partition coefficient (Wildman–Crippen LogP) is 4.25. The summed E-state index contributed by atoms with van der Waals surface area (Å²) in [4.78, 5) is 19.1. The van der Waals surface area contributed by atoms with Gasteiger partial charge in [-0.3, -0.25) is 4.79 Å². The van der Waals surface area contributed by atoms with E-state index in [9.17, 15) is 4.79 Å². The zero-order valence-electron chi connectivity index (χ0n) is 16.6. The average Bonchev–Trinajstić information content (AvgIpc) is 3.15. The molecule has 2 aromatic carbocycles. The largest absolute Gasteiger partial charge is 0.481 e. The third kappa shape index (κ3) is 4.76. The molecule has 0 fully saturated rings. The van der Waals surface area contributed by atoms with Crippen molar-refractivity contribution in [1.29, 1.82) is 0 Å². The number of aryl methyl sites for hydroxylation is 1. The summed E-state index contributed by atoms with van der Waals surface area (Å²) in [6, 6.07) is 17.2. The van der Waals surface area contributed by atoms with E-state index in [1.165, 1.54) is 0 Å². The van der Waals surface area contributed by atoms with Crippen molar-refractivity contribution in [2.45, 2.75) is 46.4 Å². The number of benzene rings is 2. The number of hydrogen-bond donors (Lipinski definition) is 0. The summed E-state index contributed by atoms with van der Waals surface area (Å²) in [7, 11) is 0. The van der Waals surface area contributed by atoms with E-state index in [1.54, 1.807) is 11.8 Å². The Bertz CT molecular complexity index is 922. The Morgan fingerprint density at radius 1 is 1.11 bits per heavy atom. The molecular formula is C22H25N3O3. The van der Waals surface area contributed by atoms with Crippen LogP contribution in [0.2, 0.25) is 0 Å². The maximum absolute atomic E-state index is 12.9. The molecule has 0 saturated carbocycles. The van der Waals surface area contributed by atoms with Gasteiger partial charge in [0.15, 0.2) is 6.10 Å². The van der Waals surface area contributed by atoms with E-state index in [0.717, 1.165) is 11.1 Å². The zero-order valence-corrected chi connectivity index (χ0v) is 16.6. The fourth-order valence-corrected chi connectivity index (χ4v) is 2.87. The highest BCUT2D eigenvalue weighted by molar-refractivity contribution is 5.81. The average molecular weight is 379 g/mol. The number of amides is 1. The summed E-state index contributed by atoms with van der Waals surface area (Å²) >= 11 is 0. The normalized spacial score (nSPS) is 12.0. The Hall–Kier alpha value is -3.15. The molecule has 1 unspecified atom stereocenters. The summed E-state index contributed by atoms with van der Waals surface area (Å²) in [5.74, 6) is 1.44. The summed E-state index contributed by atoms with van der Waals surface area (Å²) in [6.45, 7) is 7.89. The number of hydrogen-bond acceptors (Lipinski definition) is 5. The van der Waals surface area contributed by atoms with Gasteiger partial charge in [0.2, 0.25) is 11.7 Å².